The largest absolute Gasteiger partial charge is 0.494 e. The smallest absolute Gasteiger partial charge is 0.298 e. The number of benzene rings is 2. The molecule has 140 valence electrons. The maximum atomic E-state index is 11.9. The van der Waals surface area contributed by atoms with Gasteiger partial charge >= 0.3 is 0 Å². The van der Waals surface area contributed by atoms with Gasteiger partial charge in [0.25, 0.3) is 5.69 Å². The van der Waals surface area contributed by atoms with Gasteiger partial charge in [-0.05, 0) is 25.1 Å². The lowest BCUT2D eigenvalue weighted by atomic mass is 10.2. The number of carbonyl (C=O) groups is 2. The van der Waals surface area contributed by atoms with E-state index in [0.717, 1.165) is 0 Å². The van der Waals surface area contributed by atoms with Crippen LogP contribution in [0.1, 0.15) is 13.3 Å². The standard InChI is InChI=1S/C17H15ClN4O5/c1-10(23)9-15(24)19-12-6-4-8-14(27-2)17(12)21-20-16-11(18)5-3-7-13(16)22(25)26/h3-8H,9H2,1-2H3,(H,19,24). The van der Waals surface area contributed by atoms with Gasteiger partial charge in [0.1, 0.15) is 11.5 Å². The molecular formula is C17H15ClN4O5. The van der Waals surface area contributed by atoms with Crippen LogP contribution in [0.5, 0.6) is 5.75 Å². The molecule has 0 aliphatic rings. The highest BCUT2D eigenvalue weighted by molar-refractivity contribution is 6.33. The van der Waals surface area contributed by atoms with Crippen LogP contribution in [-0.2, 0) is 9.59 Å². The summed E-state index contributed by atoms with van der Waals surface area (Å²) in [6.45, 7) is 1.29. The summed E-state index contributed by atoms with van der Waals surface area (Å²) in [6, 6.07) is 8.85. The molecule has 0 atom stereocenters. The zero-order valence-electron chi connectivity index (χ0n) is 14.4. The van der Waals surface area contributed by atoms with Crippen LogP contribution in [0.25, 0.3) is 0 Å². The van der Waals surface area contributed by atoms with Crippen molar-refractivity contribution in [1.29, 1.82) is 0 Å². The minimum Gasteiger partial charge on any atom is -0.494 e. The second kappa shape index (κ2) is 8.86. The third kappa shape index (κ3) is 5.08. The fraction of sp³-hybridized carbons (Fsp3) is 0.176. The van der Waals surface area contributed by atoms with E-state index in [-0.39, 0.29) is 45.7 Å². The summed E-state index contributed by atoms with van der Waals surface area (Å²) in [5.74, 6) is -0.560. The van der Waals surface area contributed by atoms with Gasteiger partial charge < -0.3 is 10.1 Å². The normalized spacial score (nSPS) is 10.6. The number of methoxy groups -OCH3 is 1. The number of rotatable bonds is 7. The van der Waals surface area contributed by atoms with Gasteiger partial charge in [0.05, 0.1) is 29.2 Å². The SMILES string of the molecule is COc1cccc(NC(=O)CC(C)=O)c1N=Nc1c(Cl)cccc1[N+](=O)[O-]. The van der Waals surface area contributed by atoms with Crippen molar-refractivity contribution >= 4 is 46.0 Å². The van der Waals surface area contributed by atoms with Crippen molar-refractivity contribution in [3.8, 4) is 5.75 Å². The Morgan fingerprint density at radius 3 is 2.48 bits per heavy atom. The van der Waals surface area contributed by atoms with Crippen molar-refractivity contribution in [3.05, 3.63) is 51.5 Å². The lowest BCUT2D eigenvalue weighted by Crippen LogP contribution is -2.14. The highest BCUT2D eigenvalue weighted by Crippen LogP contribution is 2.40. The number of ether oxygens (including phenoxy) is 1. The van der Waals surface area contributed by atoms with Gasteiger partial charge in [-0.1, -0.05) is 23.7 Å². The Balaban J connectivity index is 2.47. The second-order valence-corrected chi connectivity index (χ2v) is 5.76. The zero-order valence-corrected chi connectivity index (χ0v) is 15.2. The molecule has 0 fully saturated rings. The molecule has 0 unspecified atom stereocenters. The van der Waals surface area contributed by atoms with Gasteiger partial charge in [0.15, 0.2) is 11.4 Å². The van der Waals surface area contributed by atoms with Crippen LogP contribution in [0.4, 0.5) is 22.7 Å². The number of hydrogen-bond donors (Lipinski definition) is 1. The Kier molecular flexibility index (Phi) is 6.56. The van der Waals surface area contributed by atoms with E-state index in [0.29, 0.717) is 0 Å². The number of nitro benzene ring substituents is 1. The zero-order chi connectivity index (χ0) is 20.0. The van der Waals surface area contributed by atoms with E-state index in [4.69, 9.17) is 16.3 Å². The van der Waals surface area contributed by atoms with Crippen molar-refractivity contribution in [1.82, 2.24) is 0 Å². The van der Waals surface area contributed by atoms with Gasteiger partial charge in [0.2, 0.25) is 5.91 Å². The number of hydrogen-bond acceptors (Lipinski definition) is 7. The van der Waals surface area contributed by atoms with Crippen LogP contribution in [0.15, 0.2) is 46.6 Å². The topological polar surface area (TPSA) is 123 Å². The summed E-state index contributed by atoms with van der Waals surface area (Å²) in [4.78, 5) is 33.5. The summed E-state index contributed by atoms with van der Waals surface area (Å²) < 4.78 is 5.21. The predicted octanol–water partition coefficient (Wildman–Crippen LogP) is 4.59. The van der Waals surface area contributed by atoms with Gasteiger partial charge in [0, 0.05) is 6.07 Å². The minimum absolute atomic E-state index is 0.0463. The van der Waals surface area contributed by atoms with Crippen LogP contribution < -0.4 is 10.1 Å². The Morgan fingerprint density at radius 1 is 1.19 bits per heavy atom. The maximum Gasteiger partial charge on any atom is 0.298 e. The van der Waals surface area contributed by atoms with E-state index < -0.39 is 10.8 Å². The molecule has 9 nitrogen and oxygen atoms in total. The molecule has 0 bridgehead atoms. The number of ketones is 1. The number of nitrogens with one attached hydrogen (secondary N) is 1. The Bertz CT molecular complexity index is 930. The molecule has 27 heavy (non-hydrogen) atoms. The number of carbonyl (C=O) groups excluding carboxylic acids is 2. The number of nitro groups is 1. The summed E-state index contributed by atoms with van der Waals surface area (Å²) in [5.41, 5.74) is -0.0791. The first-order valence-electron chi connectivity index (χ1n) is 7.64. The van der Waals surface area contributed by atoms with Gasteiger partial charge in [-0.3, -0.25) is 19.7 Å². The minimum atomic E-state index is -0.627. The molecule has 0 radical (unpaired) electrons. The molecule has 0 aromatic heterocycles. The fourth-order valence-corrected chi connectivity index (χ4v) is 2.37. The first-order valence-corrected chi connectivity index (χ1v) is 8.02. The van der Waals surface area contributed by atoms with E-state index in [9.17, 15) is 19.7 Å². The number of Topliss-reactive ketones (excluding diaryl/α,β-unsaturated/α-hetero) is 1. The monoisotopic (exact) mass is 390 g/mol. The van der Waals surface area contributed by atoms with Crippen molar-refractivity contribution in [2.75, 3.05) is 12.4 Å². The quantitative estimate of drug-likeness (QED) is 0.320. The van der Waals surface area contributed by atoms with E-state index in [1.54, 1.807) is 12.1 Å². The lowest BCUT2D eigenvalue weighted by Gasteiger charge is -2.10. The molecule has 0 heterocycles. The van der Waals surface area contributed by atoms with Crippen LogP contribution in [0, 0.1) is 10.1 Å². The van der Waals surface area contributed by atoms with Gasteiger partial charge in [-0.15, -0.1) is 10.2 Å². The molecule has 1 amide bonds. The number of anilines is 1. The molecular weight excluding hydrogens is 376 g/mol. The van der Waals surface area contributed by atoms with Crippen molar-refractivity contribution < 1.29 is 19.2 Å². The Hall–Kier alpha value is -3.33. The summed E-state index contributed by atoms with van der Waals surface area (Å²) >= 11 is 6.00. The molecule has 1 N–H and O–H groups in total. The van der Waals surface area contributed by atoms with Gasteiger partial charge in [-0.2, -0.15) is 0 Å². The molecule has 0 aliphatic heterocycles. The number of halogens is 1. The average molecular weight is 391 g/mol. The van der Waals surface area contributed by atoms with Crippen LogP contribution in [0.2, 0.25) is 5.02 Å². The average Bonchev–Trinajstić information content (AvgIpc) is 2.60. The van der Waals surface area contributed by atoms with E-state index >= 15 is 0 Å². The molecule has 0 saturated carbocycles. The fourth-order valence-electron chi connectivity index (χ4n) is 2.16. The summed E-state index contributed by atoms with van der Waals surface area (Å²) in [6.07, 6.45) is -0.302. The van der Waals surface area contributed by atoms with Gasteiger partial charge in [-0.25, -0.2) is 0 Å². The van der Waals surface area contributed by atoms with E-state index in [1.807, 2.05) is 0 Å². The first-order chi connectivity index (χ1) is 12.8. The second-order valence-electron chi connectivity index (χ2n) is 5.35. The Labute approximate surface area is 159 Å². The van der Waals surface area contributed by atoms with E-state index in [2.05, 4.69) is 15.5 Å². The maximum absolute atomic E-state index is 11.9. The lowest BCUT2D eigenvalue weighted by molar-refractivity contribution is -0.384. The molecule has 10 heteroatoms. The molecule has 0 aliphatic carbocycles. The molecule has 0 spiro atoms. The number of nitrogens with zero attached hydrogens (tertiary/aromatic N) is 3. The predicted molar refractivity (Wildman–Crippen MR) is 99.2 cm³/mol. The summed E-state index contributed by atoms with van der Waals surface area (Å²) in [7, 11) is 1.40. The highest BCUT2D eigenvalue weighted by Gasteiger charge is 2.18. The van der Waals surface area contributed by atoms with Crippen LogP contribution >= 0.6 is 11.6 Å². The van der Waals surface area contributed by atoms with Crippen molar-refractivity contribution in [2.24, 2.45) is 10.2 Å². The molecule has 2 aromatic carbocycles. The molecule has 2 aromatic rings. The van der Waals surface area contributed by atoms with Crippen molar-refractivity contribution in [2.45, 2.75) is 13.3 Å². The number of amides is 1. The van der Waals surface area contributed by atoms with Crippen LogP contribution in [-0.4, -0.2) is 23.7 Å². The highest BCUT2D eigenvalue weighted by atomic mass is 35.5. The number of azo groups is 1. The molecule has 2 rings (SSSR count). The summed E-state index contributed by atoms with van der Waals surface area (Å²) in [5, 5.41) is 21.6. The van der Waals surface area contributed by atoms with Crippen LogP contribution in [0.3, 0.4) is 0 Å². The van der Waals surface area contributed by atoms with E-state index in [1.165, 1.54) is 38.3 Å². The van der Waals surface area contributed by atoms with Crippen molar-refractivity contribution in [3.63, 3.8) is 0 Å². The first kappa shape index (κ1) is 20.0. The third-order valence-corrected chi connectivity index (χ3v) is 3.62. The Morgan fingerprint density at radius 2 is 1.85 bits per heavy atom. The third-order valence-electron chi connectivity index (χ3n) is 3.31. The molecule has 0 saturated heterocycles.